The van der Waals surface area contributed by atoms with Crippen LogP contribution in [0.25, 0.3) is 0 Å². The number of methoxy groups -OCH3 is 1. The molecule has 1 aromatic rings. The Morgan fingerprint density at radius 3 is 2.53 bits per heavy atom. The molecule has 0 bridgehead atoms. The average Bonchev–Trinajstić information content (AvgIpc) is 2.55. The Bertz CT molecular complexity index is 426. The summed E-state index contributed by atoms with van der Waals surface area (Å²) in [5, 5.41) is 3.53. The number of rotatable bonds is 3. The molecule has 0 fully saturated rings. The summed E-state index contributed by atoms with van der Waals surface area (Å²) in [6, 6.07) is 0. The minimum atomic E-state index is -4.74. The Balaban J connectivity index is 3.37. The number of aryl methyl sites for hydroxylation is 1. The van der Waals surface area contributed by atoms with Gasteiger partial charge in [-0.25, -0.2) is 9.48 Å². The third-order valence-corrected chi connectivity index (χ3v) is 2.09. The van der Waals surface area contributed by atoms with Crippen molar-refractivity contribution in [2.45, 2.75) is 26.1 Å². The standard InChI is InChI=1S/C9H12F3N3O2/c1-3-4-15-7(13)5(9(10,11)12)6(14-15)8(16)17-2/h3-4,13H2,1-2H3. The summed E-state index contributed by atoms with van der Waals surface area (Å²) in [7, 11) is 0.984. The minimum absolute atomic E-state index is 0.200. The predicted molar refractivity (Wildman–Crippen MR) is 53.3 cm³/mol. The molecule has 0 atom stereocenters. The molecule has 0 saturated carbocycles. The molecule has 0 aliphatic rings. The van der Waals surface area contributed by atoms with Crippen LogP contribution in [0, 0.1) is 0 Å². The van der Waals surface area contributed by atoms with E-state index in [0.717, 1.165) is 11.8 Å². The molecule has 1 heterocycles. The van der Waals surface area contributed by atoms with E-state index in [0.29, 0.717) is 6.42 Å². The van der Waals surface area contributed by atoms with Crippen molar-refractivity contribution in [3.63, 3.8) is 0 Å². The normalized spacial score (nSPS) is 11.6. The van der Waals surface area contributed by atoms with Gasteiger partial charge in [0.25, 0.3) is 0 Å². The fourth-order valence-electron chi connectivity index (χ4n) is 1.38. The fourth-order valence-corrected chi connectivity index (χ4v) is 1.38. The first-order valence-corrected chi connectivity index (χ1v) is 4.84. The second-order valence-electron chi connectivity index (χ2n) is 3.32. The van der Waals surface area contributed by atoms with Crippen LogP contribution in [0.15, 0.2) is 0 Å². The zero-order valence-corrected chi connectivity index (χ0v) is 9.34. The van der Waals surface area contributed by atoms with E-state index in [2.05, 4.69) is 9.84 Å². The molecule has 2 N–H and O–H groups in total. The van der Waals surface area contributed by atoms with E-state index in [1.807, 2.05) is 0 Å². The number of hydrogen-bond acceptors (Lipinski definition) is 4. The van der Waals surface area contributed by atoms with Crippen molar-refractivity contribution in [1.82, 2.24) is 9.78 Å². The maximum Gasteiger partial charge on any atom is 0.422 e. The summed E-state index contributed by atoms with van der Waals surface area (Å²) in [5.74, 6) is -1.72. The van der Waals surface area contributed by atoms with Crippen LogP contribution in [-0.2, 0) is 17.5 Å². The number of carbonyl (C=O) groups is 1. The Morgan fingerprint density at radius 2 is 2.12 bits per heavy atom. The third kappa shape index (κ3) is 2.51. The third-order valence-electron chi connectivity index (χ3n) is 2.09. The van der Waals surface area contributed by atoms with Crippen LogP contribution in [-0.4, -0.2) is 22.9 Å². The molecule has 5 nitrogen and oxygen atoms in total. The molecule has 1 aromatic heterocycles. The molecule has 96 valence electrons. The first kappa shape index (κ1) is 13.3. The summed E-state index contributed by atoms with van der Waals surface area (Å²) in [5.41, 5.74) is 3.30. The highest BCUT2D eigenvalue weighted by Crippen LogP contribution is 2.36. The molecule has 0 spiro atoms. The van der Waals surface area contributed by atoms with Gasteiger partial charge in [0.2, 0.25) is 0 Å². The Kier molecular flexibility index (Phi) is 3.64. The molecule has 0 radical (unpaired) electrons. The largest absolute Gasteiger partial charge is 0.464 e. The summed E-state index contributed by atoms with van der Waals surface area (Å²) in [6.07, 6.45) is -4.19. The van der Waals surface area contributed by atoms with Gasteiger partial charge in [-0.1, -0.05) is 6.92 Å². The highest BCUT2D eigenvalue weighted by atomic mass is 19.4. The SMILES string of the molecule is CCCn1nc(C(=O)OC)c(C(F)(F)F)c1N. The van der Waals surface area contributed by atoms with Gasteiger partial charge in [0.1, 0.15) is 11.4 Å². The number of hydrogen-bond donors (Lipinski definition) is 1. The number of anilines is 1. The van der Waals surface area contributed by atoms with E-state index in [4.69, 9.17) is 5.73 Å². The highest BCUT2D eigenvalue weighted by molar-refractivity contribution is 5.90. The highest BCUT2D eigenvalue weighted by Gasteiger charge is 2.41. The second kappa shape index (κ2) is 4.64. The number of carbonyl (C=O) groups excluding carboxylic acids is 1. The molecule has 0 amide bonds. The molecular weight excluding hydrogens is 239 g/mol. The van der Waals surface area contributed by atoms with Gasteiger partial charge in [-0.15, -0.1) is 0 Å². The number of ether oxygens (including phenoxy) is 1. The predicted octanol–water partition coefficient (Wildman–Crippen LogP) is 1.68. The number of nitrogens with two attached hydrogens (primary N) is 1. The van der Waals surface area contributed by atoms with E-state index < -0.39 is 29.2 Å². The lowest BCUT2D eigenvalue weighted by Gasteiger charge is -2.07. The van der Waals surface area contributed by atoms with Gasteiger partial charge in [0.15, 0.2) is 5.69 Å². The van der Waals surface area contributed by atoms with Crippen LogP contribution < -0.4 is 5.73 Å². The Hall–Kier alpha value is -1.73. The summed E-state index contributed by atoms with van der Waals surface area (Å²) >= 11 is 0. The lowest BCUT2D eigenvalue weighted by molar-refractivity contribution is -0.137. The maximum absolute atomic E-state index is 12.7. The molecule has 8 heteroatoms. The van der Waals surface area contributed by atoms with Crippen molar-refractivity contribution in [1.29, 1.82) is 0 Å². The van der Waals surface area contributed by atoms with E-state index in [9.17, 15) is 18.0 Å². The van der Waals surface area contributed by atoms with Gasteiger partial charge in [-0.3, -0.25) is 0 Å². The fraction of sp³-hybridized carbons (Fsp3) is 0.556. The van der Waals surface area contributed by atoms with Gasteiger partial charge in [0.05, 0.1) is 7.11 Å². The Labute approximate surface area is 95.3 Å². The molecule has 1 rings (SSSR count). The first-order chi connectivity index (χ1) is 7.82. The second-order valence-corrected chi connectivity index (χ2v) is 3.32. The number of nitrogens with zero attached hydrogens (tertiary/aromatic N) is 2. The molecule has 0 aromatic carbocycles. The molecule has 0 aliphatic heterocycles. The van der Waals surface area contributed by atoms with Crippen molar-refractivity contribution in [3.8, 4) is 0 Å². The minimum Gasteiger partial charge on any atom is -0.464 e. The van der Waals surface area contributed by atoms with Gasteiger partial charge in [0, 0.05) is 6.54 Å². The molecule has 0 saturated heterocycles. The number of aromatic nitrogens is 2. The summed E-state index contributed by atoms with van der Waals surface area (Å²) in [4.78, 5) is 11.2. The van der Waals surface area contributed by atoms with Crippen molar-refractivity contribution < 1.29 is 22.7 Å². The number of halogens is 3. The molecule has 0 aliphatic carbocycles. The summed E-state index contributed by atoms with van der Waals surface area (Å²) < 4.78 is 43.4. The lowest BCUT2D eigenvalue weighted by atomic mass is 10.2. The van der Waals surface area contributed by atoms with Crippen LogP contribution >= 0.6 is 0 Å². The maximum atomic E-state index is 12.7. The van der Waals surface area contributed by atoms with Crippen LogP contribution in [0.5, 0.6) is 0 Å². The van der Waals surface area contributed by atoms with Crippen molar-refractivity contribution in [2.75, 3.05) is 12.8 Å². The number of nitrogen functional groups attached to an aromatic ring is 1. The average molecular weight is 251 g/mol. The van der Waals surface area contributed by atoms with Crippen molar-refractivity contribution >= 4 is 11.8 Å². The number of alkyl halides is 3. The van der Waals surface area contributed by atoms with Crippen molar-refractivity contribution in [2.24, 2.45) is 0 Å². The van der Waals surface area contributed by atoms with Crippen LogP contribution in [0.2, 0.25) is 0 Å². The van der Waals surface area contributed by atoms with E-state index in [-0.39, 0.29) is 6.54 Å². The zero-order valence-electron chi connectivity index (χ0n) is 9.34. The summed E-state index contributed by atoms with van der Waals surface area (Å²) in [6.45, 7) is 1.96. The molecule has 0 unspecified atom stereocenters. The van der Waals surface area contributed by atoms with Crippen LogP contribution in [0.4, 0.5) is 19.0 Å². The van der Waals surface area contributed by atoms with Gasteiger partial charge in [-0.2, -0.15) is 18.3 Å². The molecular formula is C9H12F3N3O2. The first-order valence-electron chi connectivity index (χ1n) is 4.84. The monoisotopic (exact) mass is 251 g/mol. The smallest absolute Gasteiger partial charge is 0.422 e. The van der Waals surface area contributed by atoms with Crippen LogP contribution in [0.3, 0.4) is 0 Å². The van der Waals surface area contributed by atoms with E-state index >= 15 is 0 Å². The van der Waals surface area contributed by atoms with Gasteiger partial charge in [-0.05, 0) is 6.42 Å². The van der Waals surface area contributed by atoms with Crippen molar-refractivity contribution in [3.05, 3.63) is 11.3 Å². The quantitative estimate of drug-likeness (QED) is 0.830. The van der Waals surface area contributed by atoms with E-state index in [1.54, 1.807) is 6.92 Å². The van der Waals surface area contributed by atoms with Crippen LogP contribution in [0.1, 0.15) is 29.4 Å². The Morgan fingerprint density at radius 1 is 1.53 bits per heavy atom. The van der Waals surface area contributed by atoms with E-state index in [1.165, 1.54) is 0 Å². The lowest BCUT2D eigenvalue weighted by Crippen LogP contribution is -2.14. The number of esters is 1. The molecule has 17 heavy (non-hydrogen) atoms. The topological polar surface area (TPSA) is 70.1 Å². The van der Waals surface area contributed by atoms with Gasteiger partial charge >= 0.3 is 12.1 Å². The zero-order chi connectivity index (χ0) is 13.2. The van der Waals surface area contributed by atoms with Gasteiger partial charge < -0.3 is 10.5 Å².